The molecule has 2 nitrogen and oxygen atoms in total. The van der Waals surface area contributed by atoms with Crippen molar-refractivity contribution in [1.29, 1.82) is 0 Å². The SMILES string of the molecule is CCC1Cc2cc(OCc3ccccc3)c(CCCBr)cc2O1.Clc1cc2ccc1=2. The molecule has 2 aromatic carbocycles. The predicted molar refractivity (Wildman–Crippen MR) is 127 cm³/mol. The van der Waals surface area contributed by atoms with Crippen molar-refractivity contribution in [2.24, 2.45) is 0 Å². The fourth-order valence-electron chi connectivity index (χ4n) is 3.67. The summed E-state index contributed by atoms with van der Waals surface area (Å²) >= 11 is 9.12. The third-order valence-electron chi connectivity index (χ3n) is 5.54. The predicted octanol–water partition coefficient (Wildman–Crippen LogP) is 7.25. The van der Waals surface area contributed by atoms with E-state index >= 15 is 0 Å². The molecule has 0 N–H and O–H groups in total. The zero-order valence-electron chi connectivity index (χ0n) is 17.2. The van der Waals surface area contributed by atoms with E-state index in [1.807, 2.05) is 30.3 Å². The summed E-state index contributed by atoms with van der Waals surface area (Å²) in [5.41, 5.74) is 3.72. The Morgan fingerprint density at radius 1 is 1.10 bits per heavy atom. The van der Waals surface area contributed by atoms with Crippen molar-refractivity contribution >= 4 is 27.5 Å². The highest BCUT2D eigenvalue weighted by atomic mass is 79.9. The van der Waals surface area contributed by atoms with Gasteiger partial charge in [-0.3, -0.25) is 0 Å². The number of benzene rings is 3. The minimum atomic E-state index is 0.318. The maximum atomic E-state index is 6.14. The number of rotatable bonds is 7. The number of halogens is 2. The molecule has 0 amide bonds. The molecule has 2 aromatic rings. The van der Waals surface area contributed by atoms with E-state index in [4.69, 9.17) is 21.1 Å². The lowest BCUT2D eigenvalue weighted by Gasteiger charge is -2.13. The Labute approximate surface area is 191 Å². The molecule has 0 saturated heterocycles. The summed E-state index contributed by atoms with van der Waals surface area (Å²) in [6.07, 6.45) is 4.46. The summed E-state index contributed by atoms with van der Waals surface area (Å²) in [4.78, 5) is 0. The van der Waals surface area contributed by atoms with E-state index < -0.39 is 0 Å². The molecule has 1 aliphatic heterocycles. The van der Waals surface area contributed by atoms with Crippen molar-refractivity contribution in [2.45, 2.75) is 45.3 Å². The van der Waals surface area contributed by atoms with Crippen LogP contribution >= 0.6 is 27.5 Å². The van der Waals surface area contributed by atoms with Gasteiger partial charge in [0.2, 0.25) is 0 Å². The molecule has 2 aliphatic carbocycles. The van der Waals surface area contributed by atoms with E-state index in [0.29, 0.717) is 12.7 Å². The van der Waals surface area contributed by atoms with E-state index in [1.165, 1.54) is 27.1 Å². The number of ether oxygens (including phenoxy) is 2. The van der Waals surface area contributed by atoms with Gasteiger partial charge in [-0.25, -0.2) is 0 Å². The molecule has 1 atom stereocenters. The third kappa shape index (κ3) is 4.84. The highest BCUT2D eigenvalue weighted by molar-refractivity contribution is 9.09. The maximum Gasteiger partial charge on any atom is 0.123 e. The molecule has 0 saturated carbocycles. The molecule has 1 heterocycles. The Hall–Kier alpha value is -1.97. The van der Waals surface area contributed by atoms with E-state index in [-0.39, 0.29) is 0 Å². The minimum Gasteiger partial charge on any atom is -0.490 e. The van der Waals surface area contributed by atoms with Crippen molar-refractivity contribution < 1.29 is 9.47 Å². The van der Waals surface area contributed by atoms with Gasteiger partial charge in [-0.2, -0.15) is 0 Å². The van der Waals surface area contributed by atoms with Crippen molar-refractivity contribution in [3.63, 3.8) is 0 Å². The number of alkyl halides is 1. The second-order valence-electron chi connectivity index (χ2n) is 7.68. The molecule has 0 fully saturated rings. The Morgan fingerprint density at radius 2 is 1.93 bits per heavy atom. The normalized spacial score (nSPS) is 15.0. The van der Waals surface area contributed by atoms with Gasteiger partial charge in [0, 0.05) is 27.6 Å². The smallest absolute Gasteiger partial charge is 0.123 e. The largest absolute Gasteiger partial charge is 0.490 e. The first-order valence-electron chi connectivity index (χ1n) is 10.5. The van der Waals surface area contributed by atoms with E-state index in [2.05, 4.69) is 53.2 Å². The number of hydrogen-bond acceptors (Lipinski definition) is 2. The second-order valence-corrected chi connectivity index (χ2v) is 8.88. The molecule has 0 bridgehead atoms. The van der Waals surface area contributed by atoms with Gasteiger partial charge in [-0.1, -0.05) is 76.9 Å². The summed E-state index contributed by atoms with van der Waals surface area (Å²) in [6, 6.07) is 20.8. The first kappa shape index (κ1) is 21.3. The van der Waals surface area contributed by atoms with Crippen molar-refractivity contribution in [3.8, 4) is 11.5 Å². The van der Waals surface area contributed by atoms with Crippen LogP contribution in [0.4, 0.5) is 0 Å². The first-order chi connectivity index (χ1) is 14.7. The van der Waals surface area contributed by atoms with Gasteiger partial charge in [0.15, 0.2) is 0 Å². The summed E-state index contributed by atoms with van der Waals surface area (Å²) in [5, 5.41) is 4.46. The standard InChI is InChI=1S/C20H23BrO2.C6H3Cl/c1-2-18-11-17-13-19(22-14-15-7-4-3-5-8-15)16(9-6-10-21)12-20(17)23-18;7-6-3-4-1-2-5(4)6/h3-5,7-8,12-13,18H,2,6,9-11,14H2,1H3;1-3H. The summed E-state index contributed by atoms with van der Waals surface area (Å²) in [7, 11) is 0. The van der Waals surface area contributed by atoms with Gasteiger partial charge in [0.1, 0.15) is 24.2 Å². The molecule has 156 valence electrons. The van der Waals surface area contributed by atoms with Crippen molar-refractivity contribution in [1.82, 2.24) is 0 Å². The van der Waals surface area contributed by atoms with Crippen LogP contribution in [0.15, 0.2) is 60.7 Å². The Morgan fingerprint density at radius 3 is 2.50 bits per heavy atom. The number of hydrogen-bond donors (Lipinski definition) is 0. The Balaban J connectivity index is 0.000000259. The molecule has 0 aromatic heterocycles. The van der Waals surface area contributed by atoms with Crippen LogP contribution in [0.3, 0.4) is 0 Å². The molecule has 0 spiro atoms. The monoisotopic (exact) mass is 484 g/mol. The Bertz CT molecular complexity index is 1100. The van der Waals surface area contributed by atoms with Crippen LogP contribution in [0.1, 0.15) is 36.5 Å². The second kappa shape index (κ2) is 9.89. The van der Waals surface area contributed by atoms with Gasteiger partial charge < -0.3 is 9.47 Å². The van der Waals surface area contributed by atoms with Gasteiger partial charge >= 0.3 is 0 Å². The highest BCUT2D eigenvalue weighted by Gasteiger charge is 2.23. The molecular weight excluding hydrogens is 460 g/mol. The van der Waals surface area contributed by atoms with Crippen molar-refractivity contribution in [3.05, 3.63) is 92.8 Å². The van der Waals surface area contributed by atoms with E-state index in [0.717, 1.165) is 47.5 Å². The summed E-state index contributed by atoms with van der Waals surface area (Å²) in [5.74, 6) is 2.06. The van der Waals surface area contributed by atoms with Gasteiger partial charge in [-0.05, 0) is 53.8 Å². The van der Waals surface area contributed by atoms with Crippen LogP contribution < -0.4 is 9.47 Å². The lowest BCUT2D eigenvalue weighted by Crippen LogP contribution is -2.10. The third-order valence-corrected chi connectivity index (χ3v) is 6.41. The zero-order chi connectivity index (χ0) is 20.9. The van der Waals surface area contributed by atoms with Crippen molar-refractivity contribution in [2.75, 3.05) is 5.33 Å². The van der Waals surface area contributed by atoms with Gasteiger partial charge in [0.05, 0.1) is 0 Å². The number of fused-ring (bicyclic) bond motifs is 1. The van der Waals surface area contributed by atoms with E-state index in [1.54, 1.807) is 0 Å². The minimum absolute atomic E-state index is 0.318. The van der Waals surface area contributed by atoms with Crippen LogP contribution in [-0.4, -0.2) is 11.4 Å². The molecule has 3 aliphatic rings. The van der Waals surface area contributed by atoms with Crippen LogP contribution in [0, 0.1) is 10.4 Å². The van der Waals surface area contributed by atoms with E-state index in [9.17, 15) is 0 Å². The lowest BCUT2D eigenvalue weighted by molar-refractivity contribution is 0.228. The van der Waals surface area contributed by atoms with Crippen LogP contribution in [0.2, 0.25) is 5.02 Å². The first-order valence-corrected chi connectivity index (χ1v) is 12.0. The molecule has 0 radical (unpaired) electrons. The molecule has 1 unspecified atom stereocenters. The average molecular weight is 486 g/mol. The quantitative estimate of drug-likeness (QED) is 0.257. The molecule has 30 heavy (non-hydrogen) atoms. The topological polar surface area (TPSA) is 18.5 Å². The fourth-order valence-corrected chi connectivity index (χ4v) is 4.24. The van der Waals surface area contributed by atoms with Crippen LogP contribution in [0.5, 0.6) is 11.5 Å². The number of aryl methyl sites for hydroxylation is 1. The maximum absolute atomic E-state index is 6.14. The Kier molecular flexibility index (Phi) is 7.01. The van der Waals surface area contributed by atoms with Crippen LogP contribution in [-0.2, 0) is 19.4 Å². The average Bonchev–Trinajstić information content (AvgIpc) is 3.17. The van der Waals surface area contributed by atoms with Crippen LogP contribution in [0.25, 0.3) is 0 Å². The van der Waals surface area contributed by atoms with Gasteiger partial charge in [-0.15, -0.1) is 0 Å². The summed E-state index contributed by atoms with van der Waals surface area (Å²) < 4.78 is 12.2. The molecule has 5 rings (SSSR count). The summed E-state index contributed by atoms with van der Waals surface area (Å²) in [6.45, 7) is 2.79. The fraction of sp³-hybridized carbons (Fsp3) is 0.308. The molecular formula is C26H26BrClO2. The zero-order valence-corrected chi connectivity index (χ0v) is 19.5. The molecule has 4 heteroatoms. The van der Waals surface area contributed by atoms with Gasteiger partial charge in [0.25, 0.3) is 0 Å². The lowest BCUT2D eigenvalue weighted by atomic mass is 10.0. The highest BCUT2D eigenvalue weighted by Crippen LogP contribution is 2.36.